The molecule has 60 valence electrons. The highest BCUT2D eigenvalue weighted by molar-refractivity contribution is 5.79. The molecule has 0 aromatic rings. The Balaban J connectivity index is 3.56. The standard InChI is InChI=1S/C7H16N2O/c1-3-5(2)4-6(8)7(9)10/h5-6H,3-4,8H2,1-2H3,(H2,9,10). The summed E-state index contributed by atoms with van der Waals surface area (Å²) in [7, 11) is 0. The van der Waals surface area contributed by atoms with Crippen LogP contribution in [0.2, 0.25) is 0 Å². The van der Waals surface area contributed by atoms with Crippen LogP contribution in [0, 0.1) is 5.92 Å². The van der Waals surface area contributed by atoms with Gasteiger partial charge < -0.3 is 11.5 Å². The Morgan fingerprint density at radius 3 is 2.40 bits per heavy atom. The summed E-state index contributed by atoms with van der Waals surface area (Å²) in [5.41, 5.74) is 10.4. The molecule has 3 heteroatoms. The lowest BCUT2D eigenvalue weighted by molar-refractivity contribution is -0.119. The Kier molecular flexibility index (Phi) is 4.03. The molecule has 0 saturated heterocycles. The molecule has 0 saturated carbocycles. The number of primary amides is 1. The van der Waals surface area contributed by atoms with Crippen LogP contribution in [0.1, 0.15) is 26.7 Å². The lowest BCUT2D eigenvalue weighted by Gasteiger charge is -2.11. The molecule has 0 radical (unpaired) electrons. The van der Waals surface area contributed by atoms with Gasteiger partial charge in [-0.3, -0.25) is 4.79 Å². The van der Waals surface area contributed by atoms with Gasteiger partial charge in [-0.05, 0) is 12.3 Å². The van der Waals surface area contributed by atoms with Crippen molar-refractivity contribution < 1.29 is 4.79 Å². The Bertz CT molecular complexity index is 114. The number of carbonyl (C=O) groups is 1. The van der Waals surface area contributed by atoms with Crippen molar-refractivity contribution >= 4 is 5.91 Å². The van der Waals surface area contributed by atoms with Gasteiger partial charge in [0.15, 0.2) is 0 Å². The van der Waals surface area contributed by atoms with E-state index in [0.29, 0.717) is 12.3 Å². The molecule has 0 spiro atoms. The first-order chi connectivity index (χ1) is 4.57. The van der Waals surface area contributed by atoms with E-state index >= 15 is 0 Å². The molecular weight excluding hydrogens is 128 g/mol. The summed E-state index contributed by atoms with van der Waals surface area (Å²) >= 11 is 0. The summed E-state index contributed by atoms with van der Waals surface area (Å²) in [6.45, 7) is 4.13. The SMILES string of the molecule is CCC(C)CC(N)C(N)=O. The predicted octanol–water partition coefficient (Wildman–Crippen LogP) is 0.235. The van der Waals surface area contributed by atoms with Crippen molar-refractivity contribution in [2.75, 3.05) is 0 Å². The zero-order valence-corrected chi connectivity index (χ0v) is 6.63. The second kappa shape index (κ2) is 4.28. The largest absolute Gasteiger partial charge is 0.368 e. The van der Waals surface area contributed by atoms with E-state index in [2.05, 4.69) is 13.8 Å². The third kappa shape index (κ3) is 3.45. The highest BCUT2D eigenvalue weighted by Crippen LogP contribution is 2.07. The van der Waals surface area contributed by atoms with E-state index in [-0.39, 0.29) is 0 Å². The van der Waals surface area contributed by atoms with Crippen molar-refractivity contribution in [3.63, 3.8) is 0 Å². The maximum absolute atomic E-state index is 10.4. The third-order valence-corrected chi connectivity index (χ3v) is 1.72. The number of hydrogen-bond acceptors (Lipinski definition) is 2. The van der Waals surface area contributed by atoms with Gasteiger partial charge >= 0.3 is 0 Å². The molecule has 0 aliphatic heterocycles. The fourth-order valence-electron chi connectivity index (χ4n) is 0.716. The minimum atomic E-state index is -0.463. The first-order valence-electron chi connectivity index (χ1n) is 3.62. The summed E-state index contributed by atoms with van der Waals surface area (Å²) in [6.07, 6.45) is 1.74. The molecule has 0 bridgehead atoms. The highest BCUT2D eigenvalue weighted by Gasteiger charge is 2.11. The molecule has 0 rings (SSSR count). The van der Waals surface area contributed by atoms with Crippen LogP contribution in [-0.4, -0.2) is 11.9 Å². The van der Waals surface area contributed by atoms with Gasteiger partial charge in [0.1, 0.15) is 0 Å². The topological polar surface area (TPSA) is 69.1 Å². The van der Waals surface area contributed by atoms with Crippen molar-refractivity contribution in [2.45, 2.75) is 32.7 Å². The summed E-state index contributed by atoms with van der Waals surface area (Å²) in [5, 5.41) is 0. The summed E-state index contributed by atoms with van der Waals surface area (Å²) in [6, 6.07) is -0.463. The first kappa shape index (κ1) is 9.43. The van der Waals surface area contributed by atoms with Crippen LogP contribution >= 0.6 is 0 Å². The number of hydrogen-bond donors (Lipinski definition) is 2. The number of carbonyl (C=O) groups excluding carboxylic acids is 1. The van der Waals surface area contributed by atoms with E-state index in [1.165, 1.54) is 0 Å². The molecule has 0 aromatic carbocycles. The Morgan fingerprint density at radius 2 is 2.10 bits per heavy atom. The van der Waals surface area contributed by atoms with Crippen molar-refractivity contribution in [1.82, 2.24) is 0 Å². The maximum atomic E-state index is 10.4. The average molecular weight is 144 g/mol. The minimum absolute atomic E-state index is 0.402. The van der Waals surface area contributed by atoms with Crippen LogP contribution in [0.25, 0.3) is 0 Å². The molecule has 10 heavy (non-hydrogen) atoms. The molecule has 1 amide bonds. The monoisotopic (exact) mass is 144 g/mol. The third-order valence-electron chi connectivity index (χ3n) is 1.72. The van der Waals surface area contributed by atoms with E-state index < -0.39 is 11.9 Å². The van der Waals surface area contributed by atoms with Gasteiger partial charge in [0.2, 0.25) is 5.91 Å². The van der Waals surface area contributed by atoms with Gasteiger partial charge in [-0.25, -0.2) is 0 Å². The quantitative estimate of drug-likeness (QED) is 0.593. The number of nitrogens with two attached hydrogens (primary N) is 2. The summed E-state index contributed by atoms with van der Waals surface area (Å²) < 4.78 is 0. The van der Waals surface area contributed by atoms with Gasteiger partial charge in [-0.2, -0.15) is 0 Å². The van der Waals surface area contributed by atoms with E-state index in [4.69, 9.17) is 11.5 Å². The predicted molar refractivity (Wildman–Crippen MR) is 41.2 cm³/mol. The molecule has 4 N–H and O–H groups in total. The lowest BCUT2D eigenvalue weighted by atomic mass is 10.00. The van der Waals surface area contributed by atoms with E-state index in [9.17, 15) is 4.79 Å². The van der Waals surface area contributed by atoms with E-state index in [1.807, 2.05) is 0 Å². The highest BCUT2D eigenvalue weighted by atomic mass is 16.1. The molecule has 0 heterocycles. The second-order valence-electron chi connectivity index (χ2n) is 2.76. The van der Waals surface area contributed by atoms with Crippen LogP contribution in [0.4, 0.5) is 0 Å². The van der Waals surface area contributed by atoms with Crippen LogP contribution in [0.5, 0.6) is 0 Å². The zero-order valence-electron chi connectivity index (χ0n) is 6.63. The Hall–Kier alpha value is -0.570. The van der Waals surface area contributed by atoms with Crippen molar-refractivity contribution in [3.05, 3.63) is 0 Å². The van der Waals surface area contributed by atoms with Gasteiger partial charge in [0.05, 0.1) is 6.04 Å². The van der Waals surface area contributed by atoms with Crippen LogP contribution in [0.15, 0.2) is 0 Å². The molecule has 0 aromatic heterocycles. The van der Waals surface area contributed by atoms with Crippen molar-refractivity contribution in [1.29, 1.82) is 0 Å². The fourth-order valence-corrected chi connectivity index (χ4v) is 0.716. The normalized spacial score (nSPS) is 16.3. The van der Waals surface area contributed by atoms with E-state index in [0.717, 1.165) is 6.42 Å². The first-order valence-corrected chi connectivity index (χ1v) is 3.62. The molecule has 3 nitrogen and oxygen atoms in total. The number of amides is 1. The molecule has 0 fully saturated rings. The maximum Gasteiger partial charge on any atom is 0.234 e. The average Bonchev–Trinajstić information content (AvgIpc) is 1.87. The van der Waals surface area contributed by atoms with Gasteiger partial charge in [-0.15, -0.1) is 0 Å². The Morgan fingerprint density at radius 1 is 1.60 bits per heavy atom. The Labute approximate surface area is 61.8 Å². The second-order valence-corrected chi connectivity index (χ2v) is 2.76. The lowest BCUT2D eigenvalue weighted by Crippen LogP contribution is -2.37. The molecular formula is C7H16N2O. The summed E-state index contributed by atoms with van der Waals surface area (Å²) in [5.74, 6) is 0.0859. The summed E-state index contributed by atoms with van der Waals surface area (Å²) in [4.78, 5) is 10.4. The molecule has 0 aliphatic carbocycles. The smallest absolute Gasteiger partial charge is 0.234 e. The van der Waals surface area contributed by atoms with Gasteiger partial charge in [0.25, 0.3) is 0 Å². The molecule has 0 aliphatic rings. The zero-order chi connectivity index (χ0) is 8.15. The van der Waals surface area contributed by atoms with Gasteiger partial charge in [-0.1, -0.05) is 20.3 Å². The molecule has 2 atom stereocenters. The van der Waals surface area contributed by atoms with Crippen molar-refractivity contribution in [3.8, 4) is 0 Å². The fraction of sp³-hybridized carbons (Fsp3) is 0.857. The van der Waals surface area contributed by atoms with Crippen LogP contribution < -0.4 is 11.5 Å². The number of rotatable bonds is 4. The minimum Gasteiger partial charge on any atom is -0.368 e. The van der Waals surface area contributed by atoms with Crippen molar-refractivity contribution in [2.24, 2.45) is 17.4 Å². The van der Waals surface area contributed by atoms with Gasteiger partial charge in [0, 0.05) is 0 Å². The van der Waals surface area contributed by atoms with Crippen LogP contribution in [0.3, 0.4) is 0 Å². The van der Waals surface area contributed by atoms with Crippen LogP contribution in [-0.2, 0) is 4.79 Å². The molecule has 2 unspecified atom stereocenters. The van der Waals surface area contributed by atoms with E-state index in [1.54, 1.807) is 0 Å².